The Morgan fingerprint density at radius 1 is 1.19 bits per heavy atom. The van der Waals surface area contributed by atoms with Gasteiger partial charge >= 0.3 is 0 Å². The largest absolute Gasteiger partial charge is 0.355 e. The third-order valence-corrected chi connectivity index (χ3v) is 6.61. The van der Waals surface area contributed by atoms with Crippen molar-refractivity contribution in [2.24, 2.45) is 0 Å². The second kappa shape index (κ2) is 7.54. The maximum absolute atomic E-state index is 13.6. The topological polar surface area (TPSA) is 39.9 Å². The van der Waals surface area contributed by atoms with Gasteiger partial charge in [-0.1, -0.05) is 18.0 Å². The fourth-order valence-electron chi connectivity index (χ4n) is 4.02. The Kier molecular flexibility index (Phi) is 5.15. The summed E-state index contributed by atoms with van der Waals surface area (Å²) in [6, 6.07) is 6.31. The van der Waals surface area contributed by atoms with Crippen molar-refractivity contribution < 1.29 is 4.39 Å². The van der Waals surface area contributed by atoms with Gasteiger partial charge in [0.25, 0.3) is 0 Å². The van der Waals surface area contributed by atoms with E-state index in [0.717, 1.165) is 52.0 Å². The number of nitrogens with zero attached hydrogens (tertiary/aromatic N) is 3. The van der Waals surface area contributed by atoms with Gasteiger partial charge in [-0.25, -0.2) is 9.37 Å². The van der Waals surface area contributed by atoms with E-state index in [1.54, 1.807) is 0 Å². The number of thiophene rings is 1. The standard InChI is InChI=1S/C20H21ClFN3S/c21-18-7-6-17(26-18)19-14-4-2-1-3-5-16(14)24-20(15(19)12-23)25-10-8-13(22)9-11-25/h6-7,13H,1-5,8-11H2. The number of alkyl halides is 1. The molecule has 0 N–H and O–H groups in total. The first kappa shape index (κ1) is 17.8. The molecule has 1 aliphatic heterocycles. The van der Waals surface area contributed by atoms with E-state index < -0.39 is 6.17 Å². The first-order chi connectivity index (χ1) is 12.7. The molecule has 1 saturated heterocycles. The minimum atomic E-state index is -0.742. The van der Waals surface area contributed by atoms with Crippen LogP contribution in [0, 0.1) is 11.3 Å². The number of hydrogen-bond acceptors (Lipinski definition) is 4. The van der Waals surface area contributed by atoms with Crippen molar-refractivity contribution in [3.05, 3.63) is 33.3 Å². The molecule has 0 radical (unpaired) electrons. The molecule has 0 spiro atoms. The van der Waals surface area contributed by atoms with E-state index in [1.165, 1.54) is 23.3 Å². The van der Waals surface area contributed by atoms with Crippen molar-refractivity contribution in [1.29, 1.82) is 5.26 Å². The summed E-state index contributed by atoms with van der Waals surface area (Å²) in [6.45, 7) is 1.23. The zero-order valence-electron chi connectivity index (χ0n) is 14.6. The Morgan fingerprint density at radius 2 is 1.96 bits per heavy atom. The summed E-state index contributed by atoms with van der Waals surface area (Å²) >= 11 is 7.71. The Hall–Kier alpha value is -1.64. The lowest BCUT2D eigenvalue weighted by molar-refractivity contribution is 0.276. The zero-order valence-corrected chi connectivity index (χ0v) is 16.2. The second-order valence-corrected chi connectivity index (χ2v) is 8.76. The Labute approximate surface area is 162 Å². The van der Waals surface area contributed by atoms with E-state index in [2.05, 4.69) is 11.0 Å². The normalized spacial score (nSPS) is 18.3. The SMILES string of the molecule is N#Cc1c(N2CCC(F)CC2)nc2c(c1-c1ccc(Cl)s1)CCCCC2. The van der Waals surface area contributed by atoms with Gasteiger partial charge in [0.2, 0.25) is 0 Å². The predicted octanol–water partition coefficient (Wildman–Crippen LogP) is 5.54. The van der Waals surface area contributed by atoms with Crippen molar-refractivity contribution in [3.8, 4) is 16.5 Å². The first-order valence-electron chi connectivity index (χ1n) is 9.28. The number of pyridine rings is 1. The average molecular weight is 390 g/mol. The minimum Gasteiger partial charge on any atom is -0.355 e. The van der Waals surface area contributed by atoms with Gasteiger partial charge in [0.15, 0.2) is 0 Å². The number of aromatic nitrogens is 1. The molecule has 2 aromatic rings. The molecule has 1 fully saturated rings. The summed E-state index contributed by atoms with van der Waals surface area (Å²) in [7, 11) is 0. The number of halogens is 2. The number of rotatable bonds is 2. The molecule has 26 heavy (non-hydrogen) atoms. The highest BCUT2D eigenvalue weighted by Gasteiger charge is 2.28. The summed E-state index contributed by atoms with van der Waals surface area (Å²) in [6.07, 6.45) is 5.60. The van der Waals surface area contributed by atoms with Crippen LogP contribution >= 0.6 is 22.9 Å². The van der Waals surface area contributed by atoms with Crippen molar-refractivity contribution >= 4 is 28.8 Å². The Balaban J connectivity index is 1.90. The third kappa shape index (κ3) is 3.33. The highest BCUT2D eigenvalue weighted by atomic mass is 35.5. The molecule has 0 amide bonds. The number of aryl methyl sites for hydroxylation is 1. The molecule has 0 atom stereocenters. The van der Waals surface area contributed by atoms with Crippen LogP contribution in [0.25, 0.3) is 10.4 Å². The lowest BCUT2D eigenvalue weighted by atomic mass is 9.95. The van der Waals surface area contributed by atoms with E-state index in [4.69, 9.17) is 16.6 Å². The van der Waals surface area contributed by atoms with Gasteiger partial charge in [0.1, 0.15) is 23.6 Å². The van der Waals surface area contributed by atoms with Gasteiger partial charge in [-0.2, -0.15) is 5.26 Å². The van der Waals surface area contributed by atoms with Crippen LogP contribution in [0.15, 0.2) is 12.1 Å². The number of nitriles is 1. The lowest BCUT2D eigenvalue weighted by Gasteiger charge is -2.31. The van der Waals surface area contributed by atoms with Crippen LogP contribution < -0.4 is 4.90 Å². The van der Waals surface area contributed by atoms with Gasteiger partial charge in [-0.05, 0) is 56.2 Å². The highest BCUT2D eigenvalue weighted by Crippen LogP contribution is 2.41. The van der Waals surface area contributed by atoms with Crippen molar-refractivity contribution in [3.63, 3.8) is 0 Å². The monoisotopic (exact) mass is 389 g/mol. The van der Waals surface area contributed by atoms with Gasteiger partial charge in [-0.3, -0.25) is 0 Å². The van der Waals surface area contributed by atoms with Crippen LogP contribution in [-0.4, -0.2) is 24.2 Å². The second-order valence-electron chi connectivity index (χ2n) is 7.05. The molecule has 2 aliphatic rings. The maximum atomic E-state index is 13.6. The fourth-order valence-corrected chi connectivity index (χ4v) is 5.14. The fraction of sp³-hybridized carbons (Fsp3) is 0.500. The summed E-state index contributed by atoms with van der Waals surface area (Å²) in [4.78, 5) is 8.07. The van der Waals surface area contributed by atoms with Gasteiger partial charge in [-0.15, -0.1) is 11.3 Å². The number of piperidine rings is 1. The molecule has 136 valence electrons. The van der Waals surface area contributed by atoms with Crippen molar-refractivity contribution in [2.75, 3.05) is 18.0 Å². The number of anilines is 1. The molecule has 0 unspecified atom stereocenters. The van der Waals surface area contributed by atoms with Crippen molar-refractivity contribution in [1.82, 2.24) is 4.98 Å². The van der Waals surface area contributed by atoms with E-state index in [1.807, 2.05) is 12.1 Å². The molecule has 0 bridgehead atoms. The molecular formula is C20H21ClFN3S. The van der Waals surface area contributed by atoms with Gasteiger partial charge < -0.3 is 4.90 Å². The predicted molar refractivity (Wildman–Crippen MR) is 105 cm³/mol. The molecule has 0 saturated carbocycles. The quantitative estimate of drug-likeness (QED) is 0.633. The Bertz CT molecular complexity index is 849. The van der Waals surface area contributed by atoms with E-state index in [9.17, 15) is 9.65 Å². The third-order valence-electron chi connectivity index (χ3n) is 5.36. The van der Waals surface area contributed by atoms with Crippen LogP contribution in [0.1, 0.15) is 48.9 Å². The van der Waals surface area contributed by atoms with Crippen LogP contribution in [0.5, 0.6) is 0 Å². The van der Waals surface area contributed by atoms with Crippen LogP contribution in [0.2, 0.25) is 4.34 Å². The van der Waals surface area contributed by atoms with E-state index in [0.29, 0.717) is 31.5 Å². The average Bonchev–Trinajstić information content (AvgIpc) is 2.94. The van der Waals surface area contributed by atoms with Gasteiger partial charge in [0, 0.05) is 29.2 Å². The summed E-state index contributed by atoms with van der Waals surface area (Å²) in [5.74, 6) is 0.736. The molecule has 1 aliphatic carbocycles. The molecular weight excluding hydrogens is 369 g/mol. The van der Waals surface area contributed by atoms with E-state index in [-0.39, 0.29) is 0 Å². The minimum absolute atomic E-state index is 0.504. The van der Waals surface area contributed by atoms with Crippen LogP contribution in [-0.2, 0) is 12.8 Å². The summed E-state index contributed by atoms with van der Waals surface area (Å²) in [5.41, 5.74) is 3.95. The molecule has 4 rings (SSSR count). The molecule has 3 heterocycles. The van der Waals surface area contributed by atoms with Crippen LogP contribution in [0.3, 0.4) is 0 Å². The molecule has 3 nitrogen and oxygen atoms in total. The maximum Gasteiger partial charge on any atom is 0.147 e. The Morgan fingerprint density at radius 3 is 2.65 bits per heavy atom. The number of fused-ring (bicyclic) bond motifs is 1. The molecule has 6 heteroatoms. The van der Waals surface area contributed by atoms with E-state index >= 15 is 0 Å². The van der Waals surface area contributed by atoms with Crippen molar-refractivity contribution in [2.45, 2.75) is 51.1 Å². The lowest BCUT2D eigenvalue weighted by Crippen LogP contribution is -2.35. The van der Waals surface area contributed by atoms with Gasteiger partial charge in [0.05, 0.1) is 4.34 Å². The zero-order chi connectivity index (χ0) is 18.1. The first-order valence-corrected chi connectivity index (χ1v) is 10.5. The van der Waals surface area contributed by atoms with Crippen LogP contribution in [0.4, 0.5) is 10.2 Å². The highest BCUT2D eigenvalue weighted by molar-refractivity contribution is 7.19. The molecule has 0 aromatic carbocycles. The summed E-state index contributed by atoms with van der Waals surface area (Å²) < 4.78 is 14.3. The number of hydrogen-bond donors (Lipinski definition) is 0. The molecule has 2 aromatic heterocycles. The smallest absolute Gasteiger partial charge is 0.147 e. The summed E-state index contributed by atoms with van der Waals surface area (Å²) in [5, 5.41) is 10.0.